The Morgan fingerprint density at radius 1 is 1.25 bits per heavy atom. The van der Waals surface area contributed by atoms with E-state index in [1.807, 2.05) is 31.2 Å². The summed E-state index contributed by atoms with van der Waals surface area (Å²) in [6, 6.07) is 7.80. The molecule has 0 aliphatic carbocycles. The van der Waals surface area contributed by atoms with Gasteiger partial charge >= 0.3 is 0 Å². The number of carbonyl (C=O) groups is 1. The zero-order chi connectivity index (χ0) is 15.2. The lowest BCUT2D eigenvalue weighted by atomic mass is 9.93. The van der Waals surface area contributed by atoms with Crippen LogP contribution in [0.1, 0.15) is 19.4 Å². The van der Waals surface area contributed by atoms with Crippen LogP contribution >= 0.6 is 0 Å². The molecule has 0 unspecified atom stereocenters. The number of para-hydroxylation sites is 1. The molecule has 0 bridgehead atoms. The summed E-state index contributed by atoms with van der Waals surface area (Å²) in [7, 11) is 4.12. The smallest absolute Gasteiger partial charge is 0.238 e. The van der Waals surface area contributed by atoms with E-state index in [1.165, 1.54) is 0 Å². The van der Waals surface area contributed by atoms with E-state index in [0.717, 1.165) is 24.3 Å². The molecule has 0 spiro atoms. The summed E-state index contributed by atoms with van der Waals surface area (Å²) in [6.07, 6.45) is 0. The van der Waals surface area contributed by atoms with Crippen LogP contribution in [-0.4, -0.2) is 44.5 Å². The van der Waals surface area contributed by atoms with E-state index in [1.54, 1.807) is 0 Å². The van der Waals surface area contributed by atoms with Crippen molar-refractivity contribution in [2.45, 2.75) is 20.8 Å². The normalized spacial score (nSPS) is 11.7. The second kappa shape index (κ2) is 7.41. The number of anilines is 1. The van der Waals surface area contributed by atoms with Gasteiger partial charge in [-0.25, -0.2) is 0 Å². The van der Waals surface area contributed by atoms with Crippen molar-refractivity contribution < 1.29 is 4.79 Å². The molecule has 2 N–H and O–H groups in total. The van der Waals surface area contributed by atoms with Crippen LogP contribution in [0, 0.1) is 12.3 Å². The summed E-state index contributed by atoms with van der Waals surface area (Å²) in [5, 5.41) is 6.16. The van der Waals surface area contributed by atoms with E-state index in [0.29, 0.717) is 6.54 Å². The standard InChI is InChI=1S/C16H27N3O/c1-13-8-6-7-9-14(13)18-15(20)10-17-11-16(2,3)12-19(4)5/h6-9,17H,10-12H2,1-5H3,(H,18,20). The van der Waals surface area contributed by atoms with Gasteiger partial charge in [0.2, 0.25) is 5.91 Å². The summed E-state index contributed by atoms with van der Waals surface area (Å²) in [5.41, 5.74) is 2.10. The Balaban J connectivity index is 2.36. The number of nitrogens with one attached hydrogen (secondary N) is 2. The molecular weight excluding hydrogens is 250 g/mol. The fourth-order valence-corrected chi connectivity index (χ4v) is 2.33. The lowest BCUT2D eigenvalue weighted by Gasteiger charge is -2.28. The first-order valence-corrected chi connectivity index (χ1v) is 7.01. The van der Waals surface area contributed by atoms with E-state index in [4.69, 9.17) is 0 Å². The second-order valence-electron chi connectivity index (χ2n) is 6.37. The Labute approximate surface area is 122 Å². The topological polar surface area (TPSA) is 44.4 Å². The molecular formula is C16H27N3O. The summed E-state index contributed by atoms with van der Waals surface area (Å²) >= 11 is 0. The number of nitrogens with zero attached hydrogens (tertiary/aromatic N) is 1. The van der Waals surface area contributed by atoms with Crippen molar-refractivity contribution in [2.24, 2.45) is 5.41 Å². The van der Waals surface area contributed by atoms with Gasteiger partial charge in [0, 0.05) is 18.8 Å². The minimum atomic E-state index is -0.0000435. The molecule has 1 rings (SSSR count). The third-order valence-corrected chi connectivity index (χ3v) is 3.05. The highest BCUT2D eigenvalue weighted by atomic mass is 16.1. The molecule has 0 aromatic heterocycles. The molecule has 0 saturated heterocycles. The van der Waals surface area contributed by atoms with Crippen LogP contribution in [-0.2, 0) is 4.79 Å². The summed E-state index contributed by atoms with van der Waals surface area (Å²) in [5.74, 6) is -0.0000435. The van der Waals surface area contributed by atoms with Crippen LogP contribution < -0.4 is 10.6 Å². The maximum atomic E-state index is 11.9. The maximum absolute atomic E-state index is 11.9. The molecule has 0 saturated carbocycles. The lowest BCUT2D eigenvalue weighted by molar-refractivity contribution is -0.115. The van der Waals surface area contributed by atoms with Crippen molar-refractivity contribution in [3.05, 3.63) is 29.8 Å². The third kappa shape index (κ3) is 6.17. The van der Waals surface area contributed by atoms with Crippen molar-refractivity contribution in [3.8, 4) is 0 Å². The molecule has 0 heterocycles. The van der Waals surface area contributed by atoms with Crippen molar-refractivity contribution in [3.63, 3.8) is 0 Å². The molecule has 4 nitrogen and oxygen atoms in total. The highest BCUT2D eigenvalue weighted by Crippen LogP contribution is 2.14. The van der Waals surface area contributed by atoms with E-state index in [-0.39, 0.29) is 11.3 Å². The Morgan fingerprint density at radius 3 is 2.50 bits per heavy atom. The lowest BCUT2D eigenvalue weighted by Crippen LogP contribution is -2.40. The number of amides is 1. The quantitative estimate of drug-likeness (QED) is 0.802. The molecule has 112 valence electrons. The average Bonchev–Trinajstić information content (AvgIpc) is 2.30. The highest BCUT2D eigenvalue weighted by molar-refractivity contribution is 5.92. The van der Waals surface area contributed by atoms with Gasteiger partial charge in [-0.3, -0.25) is 4.79 Å². The maximum Gasteiger partial charge on any atom is 0.238 e. The minimum Gasteiger partial charge on any atom is -0.325 e. The predicted molar refractivity (Wildman–Crippen MR) is 85.0 cm³/mol. The van der Waals surface area contributed by atoms with Gasteiger partial charge < -0.3 is 15.5 Å². The third-order valence-electron chi connectivity index (χ3n) is 3.05. The Kier molecular flexibility index (Phi) is 6.17. The Morgan fingerprint density at radius 2 is 1.90 bits per heavy atom. The first kappa shape index (κ1) is 16.7. The van der Waals surface area contributed by atoms with Crippen LogP contribution in [0.25, 0.3) is 0 Å². The van der Waals surface area contributed by atoms with Crippen LogP contribution in [0.4, 0.5) is 5.69 Å². The van der Waals surface area contributed by atoms with Gasteiger partial charge in [-0.05, 0) is 38.1 Å². The van der Waals surface area contributed by atoms with Crippen LogP contribution in [0.2, 0.25) is 0 Å². The van der Waals surface area contributed by atoms with Gasteiger partial charge in [-0.15, -0.1) is 0 Å². The van der Waals surface area contributed by atoms with Crippen molar-refractivity contribution in [2.75, 3.05) is 39.0 Å². The molecule has 0 fully saturated rings. The summed E-state index contributed by atoms with van der Waals surface area (Å²) < 4.78 is 0. The highest BCUT2D eigenvalue weighted by Gasteiger charge is 2.18. The van der Waals surface area contributed by atoms with E-state index in [2.05, 4.69) is 43.5 Å². The molecule has 1 aromatic carbocycles. The van der Waals surface area contributed by atoms with E-state index in [9.17, 15) is 4.79 Å². The van der Waals surface area contributed by atoms with Gasteiger partial charge in [-0.2, -0.15) is 0 Å². The van der Waals surface area contributed by atoms with Gasteiger partial charge in [0.25, 0.3) is 0 Å². The SMILES string of the molecule is Cc1ccccc1NC(=O)CNCC(C)(C)CN(C)C. The fraction of sp³-hybridized carbons (Fsp3) is 0.562. The molecule has 1 amide bonds. The van der Waals surface area contributed by atoms with Crippen molar-refractivity contribution in [1.82, 2.24) is 10.2 Å². The number of carbonyl (C=O) groups excluding carboxylic acids is 1. The molecule has 1 aromatic rings. The first-order chi connectivity index (χ1) is 9.30. The van der Waals surface area contributed by atoms with Gasteiger partial charge in [0.15, 0.2) is 0 Å². The van der Waals surface area contributed by atoms with Crippen LogP contribution in [0.5, 0.6) is 0 Å². The van der Waals surface area contributed by atoms with Crippen LogP contribution in [0.3, 0.4) is 0 Å². The van der Waals surface area contributed by atoms with Gasteiger partial charge in [0.1, 0.15) is 0 Å². The fourth-order valence-electron chi connectivity index (χ4n) is 2.33. The zero-order valence-electron chi connectivity index (χ0n) is 13.3. The molecule has 0 aliphatic heterocycles. The van der Waals surface area contributed by atoms with E-state index < -0.39 is 0 Å². The number of benzene rings is 1. The molecule has 4 heteroatoms. The number of hydrogen-bond acceptors (Lipinski definition) is 3. The number of hydrogen-bond donors (Lipinski definition) is 2. The van der Waals surface area contributed by atoms with Crippen LogP contribution in [0.15, 0.2) is 24.3 Å². The number of aryl methyl sites for hydroxylation is 1. The Bertz CT molecular complexity index is 441. The zero-order valence-corrected chi connectivity index (χ0v) is 13.3. The molecule has 0 atom stereocenters. The minimum absolute atomic E-state index is 0.0000435. The molecule has 0 aliphatic rings. The predicted octanol–water partition coefficient (Wildman–Crippen LogP) is 2.11. The molecule has 0 radical (unpaired) electrons. The Hall–Kier alpha value is -1.39. The first-order valence-electron chi connectivity index (χ1n) is 7.01. The second-order valence-corrected chi connectivity index (χ2v) is 6.37. The summed E-state index contributed by atoms with van der Waals surface area (Å²) in [6.45, 7) is 8.51. The molecule has 20 heavy (non-hydrogen) atoms. The van der Waals surface area contributed by atoms with E-state index >= 15 is 0 Å². The average molecular weight is 277 g/mol. The van der Waals surface area contributed by atoms with Crippen molar-refractivity contribution in [1.29, 1.82) is 0 Å². The van der Waals surface area contributed by atoms with Crippen molar-refractivity contribution >= 4 is 11.6 Å². The van der Waals surface area contributed by atoms with Gasteiger partial charge in [0.05, 0.1) is 6.54 Å². The van der Waals surface area contributed by atoms with Gasteiger partial charge in [-0.1, -0.05) is 32.0 Å². The summed E-state index contributed by atoms with van der Waals surface area (Å²) in [4.78, 5) is 14.1. The monoisotopic (exact) mass is 277 g/mol. The number of rotatable bonds is 7. The largest absolute Gasteiger partial charge is 0.325 e.